The molecule has 0 fully saturated rings. The molecule has 2 N–H and O–H groups in total. The molecule has 0 aromatic heterocycles. The van der Waals surface area contributed by atoms with Crippen molar-refractivity contribution < 1.29 is 18.3 Å². The molecule has 0 spiro atoms. The summed E-state index contributed by atoms with van der Waals surface area (Å²) >= 11 is 0. The number of aliphatic carboxylic acids is 1. The van der Waals surface area contributed by atoms with Gasteiger partial charge in [0.05, 0.1) is 17.9 Å². The van der Waals surface area contributed by atoms with Crippen LogP contribution in [0.5, 0.6) is 0 Å². The van der Waals surface area contributed by atoms with Crippen LogP contribution in [-0.4, -0.2) is 25.7 Å². The Morgan fingerprint density at radius 1 is 1.41 bits per heavy atom. The zero-order chi connectivity index (χ0) is 13.2. The Morgan fingerprint density at radius 2 is 2.00 bits per heavy atom. The normalized spacial score (nSPS) is 13.1. The molecule has 1 unspecified atom stereocenters. The molecule has 0 aliphatic carbocycles. The number of carbonyl (C=O) groups is 1. The number of sulfonamides is 1. The Kier molecular flexibility index (Phi) is 3.77. The standard InChI is InChI=1S/C11H15NO4S/c1-7-6-9(8(2)11(13)14)4-5-10(7)12-17(3,15)16/h4-6,8,12H,1-3H3,(H,13,14). The number of aryl methyl sites for hydroxylation is 1. The summed E-state index contributed by atoms with van der Waals surface area (Å²) in [6.07, 6.45) is 1.07. The van der Waals surface area contributed by atoms with Gasteiger partial charge in [-0.15, -0.1) is 0 Å². The fourth-order valence-electron chi connectivity index (χ4n) is 1.41. The van der Waals surface area contributed by atoms with E-state index in [1.54, 1.807) is 32.0 Å². The molecule has 1 atom stereocenters. The van der Waals surface area contributed by atoms with Crippen molar-refractivity contribution in [3.05, 3.63) is 29.3 Å². The summed E-state index contributed by atoms with van der Waals surface area (Å²) in [7, 11) is -3.32. The fraction of sp³-hybridized carbons (Fsp3) is 0.364. The van der Waals surface area contributed by atoms with E-state index in [2.05, 4.69) is 4.72 Å². The molecule has 5 nitrogen and oxygen atoms in total. The van der Waals surface area contributed by atoms with Gasteiger partial charge < -0.3 is 5.11 Å². The van der Waals surface area contributed by atoms with Crippen LogP contribution in [0.25, 0.3) is 0 Å². The van der Waals surface area contributed by atoms with Crippen LogP contribution >= 0.6 is 0 Å². The lowest BCUT2D eigenvalue weighted by Gasteiger charge is -2.11. The Morgan fingerprint density at radius 3 is 2.41 bits per heavy atom. The Hall–Kier alpha value is -1.56. The van der Waals surface area contributed by atoms with Gasteiger partial charge in [-0.05, 0) is 31.0 Å². The lowest BCUT2D eigenvalue weighted by atomic mass is 9.99. The van der Waals surface area contributed by atoms with Gasteiger partial charge in [0.15, 0.2) is 0 Å². The highest BCUT2D eigenvalue weighted by molar-refractivity contribution is 7.92. The second-order valence-electron chi connectivity index (χ2n) is 4.01. The van der Waals surface area contributed by atoms with Gasteiger partial charge in [-0.3, -0.25) is 9.52 Å². The number of hydrogen-bond donors (Lipinski definition) is 2. The molecule has 1 aromatic carbocycles. The molecule has 0 aliphatic heterocycles. The van der Waals surface area contributed by atoms with E-state index in [9.17, 15) is 13.2 Å². The molecule has 0 saturated carbocycles. The first-order valence-corrected chi connectivity index (χ1v) is 6.91. The van der Waals surface area contributed by atoms with E-state index in [0.717, 1.165) is 6.26 Å². The highest BCUT2D eigenvalue weighted by atomic mass is 32.2. The monoisotopic (exact) mass is 257 g/mol. The van der Waals surface area contributed by atoms with Crippen molar-refractivity contribution in [2.45, 2.75) is 19.8 Å². The van der Waals surface area contributed by atoms with Crippen LogP contribution in [0.4, 0.5) is 5.69 Å². The molecule has 0 aliphatic rings. The van der Waals surface area contributed by atoms with Crippen LogP contribution in [0.15, 0.2) is 18.2 Å². The predicted octanol–water partition coefficient (Wildman–Crippen LogP) is 1.55. The molecule has 1 rings (SSSR count). The zero-order valence-corrected chi connectivity index (χ0v) is 10.7. The van der Waals surface area contributed by atoms with Crippen molar-refractivity contribution in [1.29, 1.82) is 0 Å². The number of rotatable bonds is 4. The molecule has 0 radical (unpaired) electrons. The van der Waals surface area contributed by atoms with E-state index in [1.165, 1.54) is 0 Å². The van der Waals surface area contributed by atoms with Crippen LogP contribution in [0.3, 0.4) is 0 Å². The lowest BCUT2D eigenvalue weighted by molar-refractivity contribution is -0.138. The summed E-state index contributed by atoms with van der Waals surface area (Å²) in [4.78, 5) is 10.8. The second-order valence-corrected chi connectivity index (χ2v) is 5.76. The van der Waals surface area contributed by atoms with Crippen molar-refractivity contribution in [3.8, 4) is 0 Å². The number of nitrogens with one attached hydrogen (secondary N) is 1. The Labute approximate surface area is 101 Å². The molecule has 0 bridgehead atoms. The van der Waals surface area contributed by atoms with E-state index in [-0.39, 0.29) is 0 Å². The van der Waals surface area contributed by atoms with Gasteiger partial charge in [-0.25, -0.2) is 8.42 Å². The summed E-state index contributed by atoms with van der Waals surface area (Å²) in [5.74, 6) is -1.52. The minimum atomic E-state index is -3.32. The van der Waals surface area contributed by atoms with Crippen molar-refractivity contribution in [3.63, 3.8) is 0 Å². The van der Waals surface area contributed by atoms with Crippen molar-refractivity contribution in [2.24, 2.45) is 0 Å². The van der Waals surface area contributed by atoms with E-state index in [1.807, 2.05) is 0 Å². The summed E-state index contributed by atoms with van der Waals surface area (Å²) in [5, 5.41) is 8.87. The minimum absolute atomic E-state index is 0.467. The molecular formula is C11H15NO4S. The number of carboxylic acids is 1. The van der Waals surface area contributed by atoms with Gasteiger partial charge in [0.1, 0.15) is 0 Å². The molecule has 0 heterocycles. The van der Waals surface area contributed by atoms with E-state index < -0.39 is 21.9 Å². The SMILES string of the molecule is Cc1cc(C(C)C(=O)O)ccc1NS(C)(=O)=O. The van der Waals surface area contributed by atoms with Crippen molar-refractivity contribution >= 4 is 21.7 Å². The highest BCUT2D eigenvalue weighted by Gasteiger charge is 2.15. The number of hydrogen-bond acceptors (Lipinski definition) is 3. The molecule has 17 heavy (non-hydrogen) atoms. The largest absolute Gasteiger partial charge is 0.481 e. The fourth-order valence-corrected chi connectivity index (χ4v) is 2.04. The topological polar surface area (TPSA) is 83.5 Å². The molecule has 94 valence electrons. The third-order valence-corrected chi connectivity index (χ3v) is 3.01. The summed E-state index contributed by atoms with van der Waals surface area (Å²) in [5.41, 5.74) is 1.81. The molecular weight excluding hydrogens is 242 g/mol. The average Bonchev–Trinajstić information content (AvgIpc) is 2.18. The summed E-state index contributed by atoms with van der Waals surface area (Å²) < 4.78 is 24.5. The van der Waals surface area contributed by atoms with Crippen LogP contribution in [0.1, 0.15) is 24.0 Å². The molecule has 0 amide bonds. The first-order valence-electron chi connectivity index (χ1n) is 5.02. The smallest absolute Gasteiger partial charge is 0.310 e. The van der Waals surface area contributed by atoms with Gasteiger partial charge in [-0.2, -0.15) is 0 Å². The van der Waals surface area contributed by atoms with E-state index in [4.69, 9.17) is 5.11 Å². The third-order valence-electron chi connectivity index (χ3n) is 2.42. The van der Waals surface area contributed by atoms with Gasteiger partial charge in [0.25, 0.3) is 0 Å². The maximum absolute atomic E-state index is 11.1. The van der Waals surface area contributed by atoms with E-state index >= 15 is 0 Å². The maximum Gasteiger partial charge on any atom is 0.310 e. The predicted molar refractivity (Wildman–Crippen MR) is 65.7 cm³/mol. The average molecular weight is 257 g/mol. The van der Waals surface area contributed by atoms with Gasteiger partial charge >= 0.3 is 5.97 Å². The second kappa shape index (κ2) is 4.75. The first kappa shape index (κ1) is 13.5. The highest BCUT2D eigenvalue weighted by Crippen LogP contribution is 2.22. The lowest BCUT2D eigenvalue weighted by Crippen LogP contribution is -2.12. The molecule has 0 saturated heterocycles. The third kappa shape index (κ3) is 3.74. The first-order chi connectivity index (χ1) is 7.70. The van der Waals surface area contributed by atoms with Crippen LogP contribution in [0.2, 0.25) is 0 Å². The summed E-state index contributed by atoms with van der Waals surface area (Å²) in [6, 6.07) is 4.86. The minimum Gasteiger partial charge on any atom is -0.481 e. The van der Waals surface area contributed by atoms with Crippen molar-refractivity contribution in [2.75, 3.05) is 11.0 Å². The number of benzene rings is 1. The van der Waals surface area contributed by atoms with Crippen LogP contribution in [0, 0.1) is 6.92 Å². The quantitative estimate of drug-likeness (QED) is 0.857. The Balaban J connectivity index is 3.06. The summed E-state index contributed by atoms with van der Waals surface area (Å²) in [6.45, 7) is 3.31. The van der Waals surface area contributed by atoms with Gasteiger partial charge in [0.2, 0.25) is 10.0 Å². The maximum atomic E-state index is 11.1. The van der Waals surface area contributed by atoms with Crippen molar-refractivity contribution in [1.82, 2.24) is 0 Å². The number of anilines is 1. The van der Waals surface area contributed by atoms with Crippen LogP contribution in [-0.2, 0) is 14.8 Å². The van der Waals surface area contributed by atoms with Crippen LogP contribution < -0.4 is 4.72 Å². The van der Waals surface area contributed by atoms with Gasteiger partial charge in [0, 0.05) is 0 Å². The Bertz CT molecular complexity index is 536. The zero-order valence-electron chi connectivity index (χ0n) is 9.89. The van der Waals surface area contributed by atoms with E-state index in [0.29, 0.717) is 16.8 Å². The molecule has 6 heteroatoms. The molecule has 1 aromatic rings. The van der Waals surface area contributed by atoms with Gasteiger partial charge in [-0.1, -0.05) is 12.1 Å². The number of carboxylic acid groups (broad SMARTS) is 1.